The van der Waals surface area contributed by atoms with Gasteiger partial charge < -0.3 is 10.8 Å². The second-order valence-electron chi connectivity index (χ2n) is 5.10. The molecule has 1 aliphatic rings. The Morgan fingerprint density at radius 1 is 1.26 bits per heavy atom. The third-order valence-corrected chi connectivity index (χ3v) is 3.57. The van der Waals surface area contributed by atoms with E-state index in [1.807, 2.05) is 24.3 Å². The molecule has 1 rings (SSSR count). The maximum absolute atomic E-state index is 11.6. The third-order valence-electron chi connectivity index (χ3n) is 3.57. The highest BCUT2D eigenvalue weighted by molar-refractivity contribution is 5.87. The second-order valence-corrected chi connectivity index (χ2v) is 5.10. The molecule has 1 aliphatic carbocycles. The Hall–Kier alpha value is -1.35. The molecular weight excluding hydrogens is 238 g/mol. The number of rotatable bonds is 8. The molecule has 0 spiro atoms. The van der Waals surface area contributed by atoms with Crippen molar-refractivity contribution >= 4 is 5.91 Å². The van der Waals surface area contributed by atoms with Crippen molar-refractivity contribution in [1.82, 2.24) is 0 Å². The Morgan fingerprint density at radius 2 is 2.00 bits per heavy atom. The second kappa shape index (κ2) is 7.95. The van der Waals surface area contributed by atoms with Crippen LogP contribution in [0.5, 0.6) is 0 Å². The molecule has 1 unspecified atom stereocenters. The first kappa shape index (κ1) is 15.7. The van der Waals surface area contributed by atoms with Crippen LogP contribution in [0.2, 0.25) is 0 Å². The zero-order valence-electron chi connectivity index (χ0n) is 11.8. The smallest absolute Gasteiger partial charge is 0.253 e. The summed E-state index contributed by atoms with van der Waals surface area (Å²) in [6.07, 6.45) is 15.7. The zero-order chi connectivity index (χ0) is 14.1. The molecule has 0 aromatic carbocycles. The van der Waals surface area contributed by atoms with E-state index in [-0.39, 0.29) is 0 Å². The summed E-state index contributed by atoms with van der Waals surface area (Å²) >= 11 is 0. The van der Waals surface area contributed by atoms with E-state index in [2.05, 4.69) is 6.92 Å². The number of aliphatic hydroxyl groups is 1. The van der Waals surface area contributed by atoms with E-state index >= 15 is 0 Å². The normalized spacial score (nSPS) is 17.7. The molecule has 0 heterocycles. The lowest BCUT2D eigenvalue weighted by Gasteiger charge is -2.27. The van der Waals surface area contributed by atoms with Crippen molar-refractivity contribution < 1.29 is 9.90 Å². The van der Waals surface area contributed by atoms with Crippen LogP contribution in [0, 0.1) is 0 Å². The molecule has 0 bridgehead atoms. The van der Waals surface area contributed by atoms with Crippen molar-refractivity contribution in [3.63, 3.8) is 0 Å². The minimum Gasteiger partial charge on any atom is -0.376 e. The van der Waals surface area contributed by atoms with Crippen molar-refractivity contribution in [2.75, 3.05) is 0 Å². The lowest BCUT2D eigenvalue weighted by atomic mass is 9.85. The Morgan fingerprint density at radius 3 is 2.68 bits per heavy atom. The van der Waals surface area contributed by atoms with Crippen LogP contribution >= 0.6 is 0 Å². The summed E-state index contributed by atoms with van der Waals surface area (Å²) in [6.45, 7) is 2.16. The van der Waals surface area contributed by atoms with Gasteiger partial charge in [-0.3, -0.25) is 4.79 Å². The van der Waals surface area contributed by atoms with E-state index < -0.39 is 11.5 Å². The maximum atomic E-state index is 11.6. The SMILES string of the molecule is CCCCCCCC(O)(C(N)=O)C1=CC=CC=CC1. The molecule has 1 amide bonds. The average Bonchev–Trinajstić information content (AvgIpc) is 2.67. The van der Waals surface area contributed by atoms with Gasteiger partial charge in [-0.15, -0.1) is 0 Å². The first-order valence-electron chi connectivity index (χ1n) is 7.16. The largest absolute Gasteiger partial charge is 0.376 e. The molecule has 0 aromatic heterocycles. The van der Waals surface area contributed by atoms with Crippen molar-refractivity contribution in [3.8, 4) is 0 Å². The van der Waals surface area contributed by atoms with Gasteiger partial charge in [0, 0.05) is 0 Å². The van der Waals surface area contributed by atoms with Crippen LogP contribution in [0.15, 0.2) is 36.0 Å². The highest BCUT2D eigenvalue weighted by atomic mass is 16.3. The summed E-state index contributed by atoms with van der Waals surface area (Å²) in [5, 5.41) is 10.6. The van der Waals surface area contributed by atoms with Crippen LogP contribution < -0.4 is 5.73 Å². The van der Waals surface area contributed by atoms with Crippen LogP contribution in [0.1, 0.15) is 51.9 Å². The number of carbonyl (C=O) groups excluding carboxylic acids is 1. The fourth-order valence-corrected chi connectivity index (χ4v) is 2.31. The molecule has 3 nitrogen and oxygen atoms in total. The van der Waals surface area contributed by atoms with E-state index in [4.69, 9.17) is 5.73 Å². The molecule has 3 heteroatoms. The lowest BCUT2D eigenvalue weighted by Crippen LogP contribution is -2.45. The number of primary amides is 1. The van der Waals surface area contributed by atoms with Gasteiger partial charge in [0.25, 0.3) is 5.91 Å². The minimum atomic E-state index is -1.49. The molecule has 19 heavy (non-hydrogen) atoms. The molecule has 0 aromatic rings. The highest BCUT2D eigenvalue weighted by Crippen LogP contribution is 2.28. The zero-order valence-corrected chi connectivity index (χ0v) is 11.8. The number of allylic oxidation sites excluding steroid dienone is 5. The summed E-state index contributed by atoms with van der Waals surface area (Å²) < 4.78 is 0. The van der Waals surface area contributed by atoms with Gasteiger partial charge in [-0.2, -0.15) is 0 Å². The number of nitrogens with two attached hydrogens (primary N) is 1. The van der Waals surface area contributed by atoms with Gasteiger partial charge in [0.05, 0.1) is 0 Å². The summed E-state index contributed by atoms with van der Waals surface area (Å²) in [4.78, 5) is 11.6. The predicted molar refractivity (Wildman–Crippen MR) is 78.5 cm³/mol. The Bertz CT molecular complexity index is 382. The molecule has 3 N–H and O–H groups in total. The molecule has 0 saturated carbocycles. The molecule has 0 saturated heterocycles. The van der Waals surface area contributed by atoms with Gasteiger partial charge in [-0.05, 0) is 24.8 Å². The maximum Gasteiger partial charge on any atom is 0.253 e. The Kier molecular flexibility index (Phi) is 6.57. The fraction of sp³-hybridized carbons (Fsp3) is 0.562. The number of unbranched alkanes of at least 4 members (excludes halogenated alkanes) is 4. The molecule has 0 fully saturated rings. The summed E-state index contributed by atoms with van der Waals surface area (Å²) in [7, 11) is 0. The summed E-state index contributed by atoms with van der Waals surface area (Å²) in [6, 6.07) is 0. The third kappa shape index (κ3) is 4.67. The Balaban J connectivity index is 2.63. The Labute approximate surface area is 115 Å². The quantitative estimate of drug-likeness (QED) is 0.661. The van der Waals surface area contributed by atoms with Gasteiger partial charge in [-0.25, -0.2) is 0 Å². The van der Waals surface area contributed by atoms with Crippen LogP contribution in [-0.4, -0.2) is 16.6 Å². The van der Waals surface area contributed by atoms with Crippen LogP contribution in [0.3, 0.4) is 0 Å². The number of amides is 1. The first-order chi connectivity index (χ1) is 9.11. The monoisotopic (exact) mass is 263 g/mol. The van der Waals surface area contributed by atoms with Gasteiger partial charge in [0.15, 0.2) is 5.60 Å². The predicted octanol–water partition coefficient (Wildman–Crippen LogP) is 3.01. The van der Waals surface area contributed by atoms with Crippen molar-refractivity contribution in [3.05, 3.63) is 36.0 Å². The van der Waals surface area contributed by atoms with Crippen molar-refractivity contribution in [2.24, 2.45) is 5.73 Å². The molecule has 106 valence electrons. The number of hydrogen-bond acceptors (Lipinski definition) is 2. The van der Waals surface area contributed by atoms with Gasteiger partial charge >= 0.3 is 0 Å². The van der Waals surface area contributed by atoms with E-state index in [0.717, 1.165) is 19.3 Å². The highest BCUT2D eigenvalue weighted by Gasteiger charge is 2.36. The van der Waals surface area contributed by atoms with Crippen LogP contribution in [0.25, 0.3) is 0 Å². The fourth-order valence-electron chi connectivity index (χ4n) is 2.31. The van der Waals surface area contributed by atoms with E-state index in [9.17, 15) is 9.90 Å². The van der Waals surface area contributed by atoms with Crippen LogP contribution in [-0.2, 0) is 4.79 Å². The van der Waals surface area contributed by atoms with Crippen molar-refractivity contribution in [2.45, 2.75) is 57.5 Å². The summed E-state index contributed by atoms with van der Waals surface area (Å²) in [5.74, 6) is -0.641. The van der Waals surface area contributed by atoms with E-state index in [0.29, 0.717) is 18.4 Å². The van der Waals surface area contributed by atoms with E-state index in [1.54, 1.807) is 6.08 Å². The number of hydrogen-bond donors (Lipinski definition) is 2. The topological polar surface area (TPSA) is 63.3 Å². The minimum absolute atomic E-state index is 0.416. The van der Waals surface area contributed by atoms with Crippen molar-refractivity contribution in [1.29, 1.82) is 0 Å². The van der Waals surface area contributed by atoms with Gasteiger partial charge in [-0.1, -0.05) is 63.0 Å². The first-order valence-corrected chi connectivity index (χ1v) is 7.16. The number of carbonyl (C=O) groups is 1. The van der Waals surface area contributed by atoms with E-state index in [1.165, 1.54) is 12.8 Å². The molecule has 0 radical (unpaired) electrons. The van der Waals surface area contributed by atoms with Gasteiger partial charge in [0.2, 0.25) is 0 Å². The molecule has 0 aliphatic heterocycles. The standard InChI is InChI=1S/C16H25NO2/c1-2-3-4-7-10-13-16(19,15(17)18)14-11-8-5-6-9-12-14/h5-6,8-9,11,19H,2-4,7,10,12-13H2,1H3,(H2,17,18). The summed E-state index contributed by atoms with van der Waals surface area (Å²) in [5.41, 5.74) is 4.62. The van der Waals surface area contributed by atoms with Gasteiger partial charge in [0.1, 0.15) is 0 Å². The van der Waals surface area contributed by atoms with Crippen LogP contribution in [0.4, 0.5) is 0 Å². The average molecular weight is 263 g/mol. The molecular formula is C16H25NO2. The molecule has 1 atom stereocenters. The lowest BCUT2D eigenvalue weighted by molar-refractivity contribution is -0.133.